The number of imide groups is 1. The molecule has 0 spiro atoms. The standard InChI is InChI=1S/C11H19N3O2/c1-8-7-13(2)5-3-9(8)14-6-4-10(15)12-11(14)16/h8-9H,3-7H2,1-2H3,(H,12,15,16). The highest BCUT2D eigenvalue weighted by Crippen LogP contribution is 2.22. The highest BCUT2D eigenvalue weighted by molar-refractivity contribution is 5.96. The summed E-state index contributed by atoms with van der Waals surface area (Å²) in [4.78, 5) is 26.9. The number of nitrogens with one attached hydrogen (secondary N) is 1. The van der Waals surface area contributed by atoms with Crippen molar-refractivity contribution in [2.45, 2.75) is 25.8 Å². The molecule has 0 saturated carbocycles. The second kappa shape index (κ2) is 4.41. The Bertz CT molecular complexity index is 306. The highest BCUT2D eigenvalue weighted by Gasteiger charge is 2.34. The van der Waals surface area contributed by atoms with Gasteiger partial charge in [0.2, 0.25) is 5.91 Å². The lowest BCUT2D eigenvalue weighted by Crippen LogP contribution is -2.58. The maximum Gasteiger partial charge on any atom is 0.324 e. The van der Waals surface area contributed by atoms with E-state index in [1.54, 1.807) is 0 Å². The van der Waals surface area contributed by atoms with Crippen molar-refractivity contribution in [1.82, 2.24) is 15.1 Å². The molecule has 3 amide bonds. The van der Waals surface area contributed by atoms with Crippen LogP contribution in [-0.2, 0) is 4.79 Å². The summed E-state index contributed by atoms with van der Waals surface area (Å²) in [5.41, 5.74) is 0. The summed E-state index contributed by atoms with van der Waals surface area (Å²) in [7, 11) is 2.10. The minimum atomic E-state index is -0.211. The van der Waals surface area contributed by atoms with Gasteiger partial charge in [0, 0.05) is 25.6 Å². The summed E-state index contributed by atoms with van der Waals surface area (Å²) in [6, 6.07) is 0.0713. The molecule has 0 aliphatic carbocycles. The van der Waals surface area contributed by atoms with Gasteiger partial charge >= 0.3 is 6.03 Å². The summed E-state index contributed by atoms with van der Waals surface area (Å²) in [6.45, 7) is 4.78. The number of rotatable bonds is 1. The normalized spacial score (nSPS) is 32.8. The third-order valence-corrected chi connectivity index (χ3v) is 3.55. The zero-order valence-electron chi connectivity index (χ0n) is 9.90. The molecule has 90 valence electrons. The SMILES string of the molecule is CC1CN(C)CCC1N1CCC(=O)NC1=O. The van der Waals surface area contributed by atoms with Crippen molar-refractivity contribution in [3.63, 3.8) is 0 Å². The fraction of sp³-hybridized carbons (Fsp3) is 0.818. The van der Waals surface area contributed by atoms with Crippen LogP contribution >= 0.6 is 0 Å². The number of carbonyl (C=O) groups excluding carboxylic acids is 2. The summed E-state index contributed by atoms with van der Waals surface area (Å²) in [5.74, 6) is 0.319. The van der Waals surface area contributed by atoms with Gasteiger partial charge in [0.1, 0.15) is 0 Å². The zero-order valence-corrected chi connectivity index (χ0v) is 9.90. The number of likely N-dealkylation sites (tertiary alicyclic amines) is 1. The lowest BCUT2D eigenvalue weighted by Gasteiger charge is -2.42. The molecule has 2 aliphatic rings. The van der Waals surface area contributed by atoms with E-state index in [4.69, 9.17) is 0 Å². The molecule has 0 aromatic heterocycles. The van der Waals surface area contributed by atoms with Crippen molar-refractivity contribution in [3.05, 3.63) is 0 Å². The summed E-state index contributed by atoms with van der Waals surface area (Å²) in [6.07, 6.45) is 1.43. The van der Waals surface area contributed by atoms with Gasteiger partial charge in [-0.15, -0.1) is 0 Å². The van der Waals surface area contributed by atoms with Gasteiger partial charge in [-0.25, -0.2) is 4.79 Å². The van der Waals surface area contributed by atoms with Crippen LogP contribution in [0, 0.1) is 5.92 Å². The largest absolute Gasteiger partial charge is 0.324 e. The Morgan fingerprint density at radius 1 is 1.31 bits per heavy atom. The first-order valence-corrected chi connectivity index (χ1v) is 5.87. The van der Waals surface area contributed by atoms with Gasteiger partial charge in [-0.05, 0) is 25.9 Å². The van der Waals surface area contributed by atoms with Crippen molar-refractivity contribution in [3.8, 4) is 0 Å². The number of piperidine rings is 1. The van der Waals surface area contributed by atoms with E-state index in [0.29, 0.717) is 18.9 Å². The Morgan fingerprint density at radius 3 is 2.69 bits per heavy atom. The molecule has 2 heterocycles. The first-order valence-electron chi connectivity index (χ1n) is 5.87. The number of hydrogen-bond acceptors (Lipinski definition) is 3. The summed E-state index contributed by atoms with van der Waals surface area (Å²) in [5, 5.41) is 2.39. The van der Waals surface area contributed by atoms with Gasteiger partial charge in [-0.2, -0.15) is 0 Å². The second-order valence-corrected chi connectivity index (χ2v) is 4.89. The van der Waals surface area contributed by atoms with Crippen LogP contribution in [0.2, 0.25) is 0 Å². The maximum atomic E-state index is 11.7. The Balaban J connectivity index is 2.01. The van der Waals surface area contributed by atoms with Crippen molar-refractivity contribution in [1.29, 1.82) is 0 Å². The molecule has 5 nitrogen and oxygen atoms in total. The van der Waals surface area contributed by atoms with Gasteiger partial charge in [-0.1, -0.05) is 6.92 Å². The van der Waals surface area contributed by atoms with Crippen molar-refractivity contribution in [2.75, 3.05) is 26.7 Å². The molecule has 16 heavy (non-hydrogen) atoms. The fourth-order valence-electron chi connectivity index (χ4n) is 2.70. The Kier molecular flexibility index (Phi) is 3.14. The van der Waals surface area contributed by atoms with Crippen LogP contribution in [0.5, 0.6) is 0 Å². The van der Waals surface area contributed by atoms with Gasteiger partial charge in [-0.3, -0.25) is 10.1 Å². The van der Waals surface area contributed by atoms with E-state index in [1.807, 2.05) is 4.90 Å². The van der Waals surface area contributed by atoms with E-state index < -0.39 is 0 Å². The Labute approximate surface area is 95.8 Å². The number of amides is 3. The highest BCUT2D eigenvalue weighted by atomic mass is 16.2. The molecule has 2 rings (SSSR count). The molecule has 0 aromatic rings. The summed E-state index contributed by atoms with van der Waals surface area (Å²) >= 11 is 0. The predicted octanol–water partition coefficient (Wildman–Crippen LogP) is 0.269. The maximum absolute atomic E-state index is 11.7. The predicted molar refractivity (Wildman–Crippen MR) is 59.9 cm³/mol. The van der Waals surface area contributed by atoms with E-state index in [-0.39, 0.29) is 18.0 Å². The topological polar surface area (TPSA) is 52.6 Å². The van der Waals surface area contributed by atoms with E-state index in [2.05, 4.69) is 24.2 Å². The molecule has 1 N–H and O–H groups in total. The molecule has 2 atom stereocenters. The van der Waals surface area contributed by atoms with Gasteiger partial charge in [0.05, 0.1) is 0 Å². The third-order valence-electron chi connectivity index (χ3n) is 3.55. The molecule has 2 saturated heterocycles. The Morgan fingerprint density at radius 2 is 2.06 bits per heavy atom. The number of hydrogen-bond donors (Lipinski definition) is 1. The smallest absolute Gasteiger partial charge is 0.321 e. The van der Waals surface area contributed by atoms with Crippen LogP contribution in [-0.4, -0.2) is 54.5 Å². The number of carbonyl (C=O) groups is 2. The van der Waals surface area contributed by atoms with E-state index in [1.165, 1.54) is 0 Å². The number of urea groups is 1. The van der Waals surface area contributed by atoms with Crippen LogP contribution < -0.4 is 5.32 Å². The zero-order chi connectivity index (χ0) is 11.7. The molecule has 2 fully saturated rings. The lowest BCUT2D eigenvalue weighted by molar-refractivity contribution is -0.122. The molecule has 0 aromatic carbocycles. The number of nitrogens with zero attached hydrogens (tertiary/aromatic N) is 2. The second-order valence-electron chi connectivity index (χ2n) is 4.89. The van der Waals surface area contributed by atoms with Gasteiger partial charge in [0.25, 0.3) is 0 Å². The molecule has 5 heteroatoms. The lowest BCUT2D eigenvalue weighted by atomic mass is 9.92. The minimum absolute atomic E-state index is 0.151. The average molecular weight is 225 g/mol. The Hall–Kier alpha value is -1.10. The van der Waals surface area contributed by atoms with Crippen molar-refractivity contribution >= 4 is 11.9 Å². The van der Waals surface area contributed by atoms with Crippen LogP contribution in [0.15, 0.2) is 0 Å². The van der Waals surface area contributed by atoms with Crippen LogP contribution in [0.25, 0.3) is 0 Å². The van der Waals surface area contributed by atoms with Crippen LogP contribution in [0.3, 0.4) is 0 Å². The summed E-state index contributed by atoms with van der Waals surface area (Å²) < 4.78 is 0. The first-order chi connectivity index (χ1) is 7.58. The van der Waals surface area contributed by atoms with E-state index >= 15 is 0 Å². The van der Waals surface area contributed by atoms with E-state index in [0.717, 1.165) is 19.5 Å². The minimum Gasteiger partial charge on any atom is -0.321 e. The molecule has 0 radical (unpaired) electrons. The molecular formula is C11H19N3O2. The average Bonchev–Trinajstić information content (AvgIpc) is 2.19. The van der Waals surface area contributed by atoms with Gasteiger partial charge < -0.3 is 9.80 Å². The van der Waals surface area contributed by atoms with Crippen molar-refractivity contribution in [2.24, 2.45) is 5.92 Å². The van der Waals surface area contributed by atoms with Crippen LogP contribution in [0.1, 0.15) is 19.8 Å². The quantitative estimate of drug-likeness (QED) is 0.697. The fourth-order valence-corrected chi connectivity index (χ4v) is 2.70. The van der Waals surface area contributed by atoms with Crippen molar-refractivity contribution < 1.29 is 9.59 Å². The molecule has 2 aliphatic heterocycles. The monoisotopic (exact) mass is 225 g/mol. The molecule has 0 bridgehead atoms. The first kappa shape index (κ1) is 11.4. The third kappa shape index (κ3) is 2.19. The van der Waals surface area contributed by atoms with E-state index in [9.17, 15) is 9.59 Å². The molecule has 2 unspecified atom stereocenters. The van der Waals surface area contributed by atoms with Gasteiger partial charge in [0.15, 0.2) is 0 Å². The molecular weight excluding hydrogens is 206 g/mol. The van der Waals surface area contributed by atoms with Crippen LogP contribution in [0.4, 0.5) is 4.79 Å².